The molecule has 0 amide bonds. The van der Waals surface area contributed by atoms with Gasteiger partial charge in [0.25, 0.3) is 0 Å². The van der Waals surface area contributed by atoms with E-state index < -0.39 is 0 Å². The average molecular weight is 187 g/mol. The van der Waals surface area contributed by atoms with E-state index in [0.29, 0.717) is 6.54 Å². The van der Waals surface area contributed by atoms with E-state index in [-0.39, 0.29) is 11.9 Å². The highest BCUT2D eigenvalue weighted by Crippen LogP contribution is 2.21. The van der Waals surface area contributed by atoms with Crippen LogP contribution in [0.1, 0.15) is 16.8 Å². The van der Waals surface area contributed by atoms with E-state index >= 15 is 0 Å². The van der Waals surface area contributed by atoms with Crippen molar-refractivity contribution in [2.24, 2.45) is 5.73 Å². The van der Waals surface area contributed by atoms with Gasteiger partial charge in [0, 0.05) is 6.54 Å². The summed E-state index contributed by atoms with van der Waals surface area (Å²) in [5, 5.41) is 8.97. The quantitative estimate of drug-likeness (QED) is 0.632. The standard InChI is InChI=1S/C7H13N3OS/c1-12-6(2-8)7-9-3-5(4-11)10-7/h3,6,11H,2,4,8H2,1H3,(H,9,10). The second-order valence-corrected chi connectivity index (χ2v) is 3.45. The molecule has 68 valence electrons. The van der Waals surface area contributed by atoms with Gasteiger partial charge in [-0.1, -0.05) is 0 Å². The maximum atomic E-state index is 8.77. The predicted molar refractivity (Wildman–Crippen MR) is 49.8 cm³/mol. The predicted octanol–water partition coefficient (Wildman–Crippen LogP) is 0.265. The number of imidazole rings is 1. The number of rotatable bonds is 4. The topological polar surface area (TPSA) is 74.9 Å². The molecule has 0 fully saturated rings. The lowest BCUT2D eigenvalue weighted by Gasteiger charge is -2.07. The van der Waals surface area contributed by atoms with Crippen molar-refractivity contribution in [3.05, 3.63) is 17.7 Å². The van der Waals surface area contributed by atoms with Crippen molar-refractivity contribution in [2.75, 3.05) is 12.8 Å². The molecule has 5 heteroatoms. The van der Waals surface area contributed by atoms with Crippen LogP contribution in [0.25, 0.3) is 0 Å². The summed E-state index contributed by atoms with van der Waals surface area (Å²) in [6.07, 6.45) is 3.62. The lowest BCUT2D eigenvalue weighted by atomic mass is 10.4. The van der Waals surface area contributed by atoms with E-state index in [9.17, 15) is 0 Å². The van der Waals surface area contributed by atoms with Crippen LogP contribution in [0.5, 0.6) is 0 Å². The fourth-order valence-corrected chi connectivity index (χ4v) is 1.48. The van der Waals surface area contributed by atoms with Crippen molar-refractivity contribution in [1.82, 2.24) is 9.97 Å². The van der Waals surface area contributed by atoms with Crippen molar-refractivity contribution >= 4 is 11.8 Å². The summed E-state index contributed by atoms with van der Waals surface area (Å²) in [4.78, 5) is 7.12. The largest absolute Gasteiger partial charge is 0.390 e. The zero-order valence-electron chi connectivity index (χ0n) is 6.95. The van der Waals surface area contributed by atoms with E-state index in [1.54, 1.807) is 18.0 Å². The van der Waals surface area contributed by atoms with E-state index in [0.717, 1.165) is 11.5 Å². The van der Waals surface area contributed by atoms with Crippen LogP contribution in [-0.4, -0.2) is 27.9 Å². The molecule has 1 rings (SSSR count). The Labute approximate surface area is 75.6 Å². The molecule has 0 spiro atoms. The first kappa shape index (κ1) is 9.57. The number of nitrogens with zero attached hydrogens (tertiary/aromatic N) is 1. The van der Waals surface area contributed by atoms with Crippen molar-refractivity contribution < 1.29 is 5.11 Å². The van der Waals surface area contributed by atoms with Crippen LogP contribution in [-0.2, 0) is 6.61 Å². The molecule has 4 nitrogen and oxygen atoms in total. The van der Waals surface area contributed by atoms with Gasteiger partial charge in [0.2, 0.25) is 0 Å². The molecule has 1 aromatic heterocycles. The van der Waals surface area contributed by atoms with Crippen molar-refractivity contribution in [2.45, 2.75) is 11.9 Å². The molecule has 0 aliphatic carbocycles. The molecule has 0 aliphatic heterocycles. The van der Waals surface area contributed by atoms with E-state index in [1.165, 1.54) is 0 Å². The van der Waals surface area contributed by atoms with Gasteiger partial charge in [-0.05, 0) is 6.26 Å². The first-order valence-corrected chi connectivity index (χ1v) is 4.98. The van der Waals surface area contributed by atoms with E-state index in [1.807, 2.05) is 6.26 Å². The average Bonchev–Trinajstić information content (AvgIpc) is 2.55. The number of aromatic nitrogens is 2. The zero-order chi connectivity index (χ0) is 8.97. The smallest absolute Gasteiger partial charge is 0.120 e. The molecule has 1 heterocycles. The molecule has 1 atom stereocenters. The molecule has 0 radical (unpaired) electrons. The SMILES string of the molecule is CSC(CN)c1ncc(CO)[nH]1. The maximum Gasteiger partial charge on any atom is 0.120 e. The molecule has 0 bridgehead atoms. The van der Waals surface area contributed by atoms with Gasteiger partial charge in [0.15, 0.2) is 0 Å². The molecular formula is C7H13N3OS. The van der Waals surface area contributed by atoms with Crippen molar-refractivity contribution in [3.8, 4) is 0 Å². The Morgan fingerprint density at radius 1 is 1.83 bits per heavy atom. The molecule has 1 aromatic rings. The van der Waals surface area contributed by atoms with Crippen LogP contribution in [0, 0.1) is 0 Å². The number of nitrogens with two attached hydrogens (primary N) is 1. The molecule has 0 aromatic carbocycles. The van der Waals surface area contributed by atoms with Crippen molar-refractivity contribution in [1.29, 1.82) is 0 Å². The monoisotopic (exact) mass is 187 g/mol. The second-order valence-electron chi connectivity index (χ2n) is 2.41. The highest BCUT2D eigenvalue weighted by atomic mass is 32.2. The normalized spacial score (nSPS) is 13.2. The Kier molecular flexibility index (Phi) is 3.58. The lowest BCUT2D eigenvalue weighted by molar-refractivity contribution is 0.277. The minimum atomic E-state index is -0.00132. The molecule has 12 heavy (non-hydrogen) atoms. The minimum Gasteiger partial charge on any atom is -0.390 e. The van der Waals surface area contributed by atoms with E-state index in [2.05, 4.69) is 9.97 Å². The molecule has 1 unspecified atom stereocenters. The van der Waals surface area contributed by atoms with Gasteiger partial charge in [-0.15, -0.1) is 0 Å². The summed E-state index contributed by atoms with van der Waals surface area (Å²) >= 11 is 1.65. The number of thioether (sulfide) groups is 1. The molecule has 4 N–H and O–H groups in total. The Morgan fingerprint density at radius 2 is 2.58 bits per heavy atom. The molecule has 0 saturated carbocycles. The Hall–Kier alpha value is -0.520. The Balaban J connectivity index is 2.72. The minimum absolute atomic E-state index is 0.00132. The van der Waals surface area contributed by atoms with Gasteiger partial charge in [0.05, 0.1) is 23.7 Å². The van der Waals surface area contributed by atoms with Gasteiger partial charge in [0.1, 0.15) is 5.82 Å². The van der Waals surface area contributed by atoms with Crippen LogP contribution in [0.4, 0.5) is 0 Å². The summed E-state index contributed by atoms with van der Waals surface area (Å²) in [5.41, 5.74) is 6.26. The van der Waals surface area contributed by atoms with Gasteiger partial charge in [-0.3, -0.25) is 0 Å². The van der Waals surface area contributed by atoms with Crippen molar-refractivity contribution in [3.63, 3.8) is 0 Å². The van der Waals surface area contributed by atoms with Crippen LogP contribution in [0.2, 0.25) is 0 Å². The summed E-state index contributed by atoms with van der Waals surface area (Å²) in [6.45, 7) is 0.554. The Morgan fingerprint density at radius 3 is 3.00 bits per heavy atom. The van der Waals surface area contributed by atoms with Crippen LogP contribution >= 0.6 is 11.8 Å². The third-order valence-corrected chi connectivity index (χ3v) is 2.61. The fraction of sp³-hybridized carbons (Fsp3) is 0.571. The van der Waals surface area contributed by atoms with Gasteiger partial charge >= 0.3 is 0 Å². The van der Waals surface area contributed by atoms with Gasteiger partial charge in [-0.2, -0.15) is 11.8 Å². The number of aliphatic hydroxyl groups excluding tert-OH is 1. The third kappa shape index (κ3) is 2.00. The van der Waals surface area contributed by atoms with Gasteiger partial charge < -0.3 is 15.8 Å². The summed E-state index contributed by atoms with van der Waals surface area (Å²) in [5.74, 6) is 0.842. The second kappa shape index (κ2) is 4.49. The highest BCUT2D eigenvalue weighted by Gasteiger charge is 2.10. The summed E-state index contributed by atoms with van der Waals surface area (Å²) in [7, 11) is 0. The number of H-pyrrole nitrogens is 1. The number of nitrogens with one attached hydrogen (secondary N) is 1. The molecule has 0 saturated heterocycles. The first-order chi connectivity index (χ1) is 5.81. The lowest BCUT2D eigenvalue weighted by Crippen LogP contribution is -2.10. The number of hydrogen-bond acceptors (Lipinski definition) is 4. The van der Waals surface area contributed by atoms with Crippen LogP contribution in [0.3, 0.4) is 0 Å². The molecular weight excluding hydrogens is 174 g/mol. The van der Waals surface area contributed by atoms with Gasteiger partial charge in [-0.25, -0.2) is 4.98 Å². The number of hydrogen-bond donors (Lipinski definition) is 3. The van der Waals surface area contributed by atoms with Crippen LogP contribution in [0.15, 0.2) is 6.20 Å². The summed E-state index contributed by atoms with van der Waals surface area (Å²) < 4.78 is 0. The Bertz CT molecular complexity index is 234. The first-order valence-electron chi connectivity index (χ1n) is 3.69. The van der Waals surface area contributed by atoms with Crippen LogP contribution < -0.4 is 5.73 Å². The zero-order valence-corrected chi connectivity index (χ0v) is 7.77. The van der Waals surface area contributed by atoms with E-state index in [4.69, 9.17) is 10.8 Å². The fourth-order valence-electron chi connectivity index (χ4n) is 0.940. The molecule has 0 aliphatic rings. The maximum absolute atomic E-state index is 8.77. The number of aromatic amines is 1. The summed E-state index contributed by atoms with van der Waals surface area (Å²) in [6, 6.07) is 0. The highest BCUT2D eigenvalue weighted by molar-refractivity contribution is 7.98. The number of aliphatic hydroxyl groups is 1. The third-order valence-electron chi connectivity index (χ3n) is 1.62.